The summed E-state index contributed by atoms with van der Waals surface area (Å²) in [4.78, 5) is 58.6. The third kappa shape index (κ3) is 10.4. The van der Waals surface area contributed by atoms with Gasteiger partial charge in [-0.05, 0) is 18.3 Å². The number of hydrogen-bond acceptors (Lipinski definition) is 6. The van der Waals surface area contributed by atoms with Gasteiger partial charge in [-0.2, -0.15) is 0 Å². The molecule has 0 saturated carbocycles. The maximum Gasteiger partial charge on any atom is 0.322 e. The normalized spacial score (nSPS) is 15.0. The van der Waals surface area contributed by atoms with Crippen molar-refractivity contribution >= 4 is 29.7 Å². The molecule has 166 valence electrons. The van der Waals surface area contributed by atoms with Crippen LogP contribution in [-0.2, 0) is 24.0 Å². The Labute approximate surface area is 169 Å². The maximum atomic E-state index is 12.8. The zero-order valence-electron chi connectivity index (χ0n) is 17.2. The Morgan fingerprint density at radius 1 is 0.897 bits per heavy atom. The second-order valence-corrected chi connectivity index (χ2v) is 7.38. The zero-order chi connectivity index (χ0) is 22.7. The Kier molecular flexibility index (Phi) is 11.5. The van der Waals surface area contributed by atoms with Crippen LogP contribution in [0.4, 0.5) is 0 Å². The second kappa shape index (κ2) is 12.7. The van der Waals surface area contributed by atoms with Crippen molar-refractivity contribution in [1.82, 2.24) is 16.0 Å². The smallest absolute Gasteiger partial charge is 0.322 e. The molecule has 0 heterocycles. The van der Waals surface area contributed by atoms with Crippen molar-refractivity contribution in [1.29, 1.82) is 0 Å². The van der Waals surface area contributed by atoms with Crippen molar-refractivity contribution in [2.75, 3.05) is 6.54 Å². The Hall–Kier alpha value is -2.69. The highest BCUT2D eigenvalue weighted by Crippen LogP contribution is 2.11. The number of carboxylic acids is 2. The fourth-order valence-corrected chi connectivity index (χ4v) is 2.49. The third-order valence-electron chi connectivity index (χ3n) is 4.28. The largest absolute Gasteiger partial charge is 0.481 e. The van der Waals surface area contributed by atoms with Gasteiger partial charge < -0.3 is 31.9 Å². The lowest BCUT2D eigenvalue weighted by Gasteiger charge is -2.27. The molecule has 3 amide bonds. The van der Waals surface area contributed by atoms with E-state index in [1.54, 1.807) is 13.8 Å². The first kappa shape index (κ1) is 26.3. The Bertz CT molecular complexity index is 609. The molecule has 4 atom stereocenters. The van der Waals surface area contributed by atoms with E-state index in [-0.39, 0.29) is 18.3 Å². The highest BCUT2D eigenvalue weighted by molar-refractivity contribution is 5.94. The number of nitrogens with one attached hydrogen (secondary N) is 3. The van der Waals surface area contributed by atoms with Gasteiger partial charge in [-0.25, -0.2) is 0 Å². The van der Waals surface area contributed by atoms with Crippen LogP contribution >= 0.6 is 0 Å². The monoisotopic (exact) mass is 416 g/mol. The van der Waals surface area contributed by atoms with Gasteiger partial charge in [-0.3, -0.25) is 24.0 Å². The summed E-state index contributed by atoms with van der Waals surface area (Å²) in [5.74, 6) is -4.83. The number of carbonyl (C=O) groups excluding carboxylic acids is 3. The average molecular weight is 416 g/mol. The van der Waals surface area contributed by atoms with Crippen LogP contribution < -0.4 is 21.7 Å². The summed E-state index contributed by atoms with van der Waals surface area (Å²) in [6, 6.07) is -3.34. The van der Waals surface area contributed by atoms with Crippen LogP contribution in [-0.4, -0.2) is 64.5 Å². The fourth-order valence-electron chi connectivity index (χ4n) is 2.49. The van der Waals surface area contributed by atoms with Gasteiger partial charge in [0.05, 0.1) is 12.5 Å². The van der Waals surface area contributed by atoms with Crippen molar-refractivity contribution in [2.45, 2.75) is 65.1 Å². The molecule has 0 bridgehead atoms. The van der Waals surface area contributed by atoms with Crippen molar-refractivity contribution in [3.8, 4) is 0 Å². The summed E-state index contributed by atoms with van der Waals surface area (Å²) >= 11 is 0. The lowest BCUT2D eigenvalue weighted by Crippen LogP contribution is -2.58. The SMILES string of the molecule is CCC(C)C(NC(=O)C(N)CC(=O)O)C(=O)NC(CC(C)C)C(=O)NCC(=O)O. The van der Waals surface area contributed by atoms with Gasteiger partial charge in [0.1, 0.15) is 18.6 Å². The Morgan fingerprint density at radius 2 is 1.48 bits per heavy atom. The Balaban J connectivity index is 5.31. The highest BCUT2D eigenvalue weighted by atomic mass is 16.4. The molecule has 11 nitrogen and oxygen atoms in total. The quantitative estimate of drug-likeness (QED) is 0.221. The number of rotatable bonds is 13. The van der Waals surface area contributed by atoms with E-state index < -0.39 is 60.8 Å². The Morgan fingerprint density at radius 3 is 1.93 bits per heavy atom. The first-order valence-corrected chi connectivity index (χ1v) is 9.46. The molecule has 0 aromatic rings. The van der Waals surface area contributed by atoms with Gasteiger partial charge in [0.2, 0.25) is 17.7 Å². The van der Waals surface area contributed by atoms with Crippen LogP contribution in [0.2, 0.25) is 0 Å². The first-order valence-electron chi connectivity index (χ1n) is 9.46. The van der Waals surface area contributed by atoms with Crippen LogP contribution in [0, 0.1) is 11.8 Å². The summed E-state index contributed by atoms with van der Waals surface area (Å²) in [6.45, 7) is 6.61. The molecule has 4 unspecified atom stereocenters. The van der Waals surface area contributed by atoms with Crippen LogP contribution in [0.1, 0.15) is 47.0 Å². The molecule has 7 N–H and O–H groups in total. The number of hydrogen-bond donors (Lipinski definition) is 6. The minimum absolute atomic E-state index is 0.0245. The summed E-state index contributed by atoms with van der Waals surface area (Å²) in [5.41, 5.74) is 5.55. The summed E-state index contributed by atoms with van der Waals surface area (Å²) in [6.07, 6.45) is 0.192. The molecule has 0 saturated heterocycles. The predicted octanol–water partition coefficient (Wildman–Crippen LogP) is -0.949. The lowest BCUT2D eigenvalue weighted by atomic mass is 9.96. The minimum Gasteiger partial charge on any atom is -0.481 e. The first-order chi connectivity index (χ1) is 13.4. The van der Waals surface area contributed by atoms with Crippen molar-refractivity contribution in [2.24, 2.45) is 17.6 Å². The molecule has 0 aromatic carbocycles. The number of aliphatic carboxylic acids is 2. The molecule has 0 aromatic heterocycles. The lowest BCUT2D eigenvalue weighted by molar-refractivity contribution is -0.140. The number of carboxylic acid groups (broad SMARTS) is 2. The average Bonchev–Trinajstić information content (AvgIpc) is 2.61. The molecule has 0 spiro atoms. The standard InChI is InChI=1S/C18H32N4O7/c1-5-10(4)15(22-16(27)11(19)7-13(23)24)18(29)21-12(6-9(2)3)17(28)20-8-14(25)26/h9-12,15H,5-8,19H2,1-4H3,(H,20,28)(H,21,29)(H,22,27)(H,23,24)(H,25,26). The van der Waals surface area contributed by atoms with Crippen molar-refractivity contribution in [3.05, 3.63) is 0 Å². The van der Waals surface area contributed by atoms with Gasteiger partial charge in [0, 0.05) is 0 Å². The maximum absolute atomic E-state index is 12.8. The molecule has 0 rings (SSSR count). The zero-order valence-corrected chi connectivity index (χ0v) is 17.2. The van der Waals surface area contributed by atoms with Gasteiger partial charge >= 0.3 is 11.9 Å². The summed E-state index contributed by atoms with van der Waals surface area (Å²) < 4.78 is 0. The predicted molar refractivity (Wildman–Crippen MR) is 104 cm³/mol. The van der Waals surface area contributed by atoms with E-state index in [9.17, 15) is 24.0 Å². The van der Waals surface area contributed by atoms with E-state index in [2.05, 4.69) is 16.0 Å². The van der Waals surface area contributed by atoms with Gasteiger partial charge in [0.15, 0.2) is 0 Å². The fraction of sp³-hybridized carbons (Fsp3) is 0.722. The molecule has 11 heteroatoms. The molecular weight excluding hydrogens is 384 g/mol. The van der Waals surface area contributed by atoms with Gasteiger partial charge in [-0.15, -0.1) is 0 Å². The molecule has 0 aliphatic heterocycles. The van der Waals surface area contributed by atoms with E-state index in [4.69, 9.17) is 15.9 Å². The van der Waals surface area contributed by atoms with E-state index in [0.29, 0.717) is 6.42 Å². The topological polar surface area (TPSA) is 188 Å². The van der Waals surface area contributed by atoms with Crippen LogP contribution in [0.5, 0.6) is 0 Å². The summed E-state index contributed by atoms with van der Waals surface area (Å²) in [5, 5.41) is 24.7. The highest BCUT2D eigenvalue weighted by Gasteiger charge is 2.31. The molecule has 0 aliphatic carbocycles. The van der Waals surface area contributed by atoms with Gasteiger partial charge in [-0.1, -0.05) is 34.1 Å². The third-order valence-corrected chi connectivity index (χ3v) is 4.28. The number of nitrogens with two attached hydrogens (primary N) is 1. The number of amides is 3. The second-order valence-electron chi connectivity index (χ2n) is 7.38. The molecular formula is C18H32N4O7. The van der Waals surface area contributed by atoms with Crippen molar-refractivity contribution < 1.29 is 34.2 Å². The van der Waals surface area contributed by atoms with Crippen LogP contribution in [0.25, 0.3) is 0 Å². The van der Waals surface area contributed by atoms with E-state index >= 15 is 0 Å². The molecule has 0 radical (unpaired) electrons. The van der Waals surface area contributed by atoms with Crippen molar-refractivity contribution in [3.63, 3.8) is 0 Å². The van der Waals surface area contributed by atoms with E-state index in [1.165, 1.54) is 0 Å². The van der Waals surface area contributed by atoms with E-state index in [1.807, 2.05) is 13.8 Å². The van der Waals surface area contributed by atoms with Gasteiger partial charge in [0.25, 0.3) is 0 Å². The van der Waals surface area contributed by atoms with Crippen LogP contribution in [0.3, 0.4) is 0 Å². The van der Waals surface area contributed by atoms with E-state index in [0.717, 1.165) is 0 Å². The molecule has 0 fully saturated rings. The van der Waals surface area contributed by atoms with Crippen LogP contribution in [0.15, 0.2) is 0 Å². The molecule has 0 aliphatic rings. The summed E-state index contributed by atoms with van der Waals surface area (Å²) in [7, 11) is 0. The molecule has 29 heavy (non-hydrogen) atoms. The number of carbonyl (C=O) groups is 5. The minimum atomic E-state index is -1.32.